The Hall–Kier alpha value is -2.10. The van der Waals surface area contributed by atoms with Crippen LogP contribution in [-0.2, 0) is 18.8 Å². The number of nitrogens with one attached hydrogen (secondary N) is 2. The van der Waals surface area contributed by atoms with E-state index in [1.807, 2.05) is 33.8 Å². The number of carbonyl (C=O) groups excluding carboxylic acids is 2. The van der Waals surface area contributed by atoms with Gasteiger partial charge in [0.05, 0.1) is 17.8 Å². The van der Waals surface area contributed by atoms with Crippen molar-refractivity contribution < 1.29 is 28.4 Å². The third-order valence-electron chi connectivity index (χ3n) is 4.41. The zero-order chi connectivity index (χ0) is 19.4. The normalized spacial score (nSPS) is 17.7. The fourth-order valence-corrected chi connectivity index (χ4v) is 2.25. The van der Waals surface area contributed by atoms with Crippen LogP contribution < -0.4 is 16.1 Å². The van der Waals surface area contributed by atoms with Crippen LogP contribution >= 0.6 is 0 Å². The van der Waals surface area contributed by atoms with E-state index in [1.54, 1.807) is 18.2 Å². The summed E-state index contributed by atoms with van der Waals surface area (Å²) >= 11 is 0. The quantitative estimate of drug-likeness (QED) is 0.612. The van der Waals surface area contributed by atoms with Crippen molar-refractivity contribution in [2.45, 2.75) is 38.9 Å². The van der Waals surface area contributed by atoms with Crippen LogP contribution in [0.5, 0.6) is 0 Å². The number of ether oxygens (including phenoxy) is 2. The molecule has 8 nitrogen and oxygen atoms in total. The molecule has 0 aromatic heterocycles. The first kappa shape index (κ1) is 20.2. The number of benzene rings is 1. The van der Waals surface area contributed by atoms with Crippen LogP contribution in [0, 0.1) is 0 Å². The Balaban J connectivity index is 1.95. The second kappa shape index (κ2) is 8.07. The summed E-state index contributed by atoms with van der Waals surface area (Å²) in [4.78, 5) is 23.3. The molecule has 3 amide bonds. The molecule has 0 atom stereocenters. The number of imide groups is 1. The van der Waals surface area contributed by atoms with Gasteiger partial charge in [-0.3, -0.25) is 0 Å². The number of alkyl carbamates (subject to hydrolysis) is 1. The average molecular weight is 364 g/mol. The lowest BCUT2D eigenvalue weighted by Crippen LogP contribution is -2.41. The Morgan fingerprint density at radius 3 is 2.38 bits per heavy atom. The first-order valence-corrected chi connectivity index (χ1v) is 8.34. The molecule has 1 saturated heterocycles. The van der Waals surface area contributed by atoms with Crippen LogP contribution in [0.15, 0.2) is 24.3 Å². The minimum absolute atomic E-state index is 0.0625. The van der Waals surface area contributed by atoms with Crippen LogP contribution in [0.3, 0.4) is 0 Å². The molecule has 1 fully saturated rings. The van der Waals surface area contributed by atoms with Crippen molar-refractivity contribution in [3.05, 3.63) is 24.3 Å². The average Bonchev–Trinajstić information content (AvgIpc) is 2.76. The van der Waals surface area contributed by atoms with Gasteiger partial charge in [0.25, 0.3) is 0 Å². The van der Waals surface area contributed by atoms with Crippen molar-refractivity contribution in [3.63, 3.8) is 0 Å². The van der Waals surface area contributed by atoms with Gasteiger partial charge >= 0.3 is 19.2 Å². The lowest BCUT2D eigenvalue weighted by molar-refractivity contribution is 0.00578. The molecule has 1 aromatic carbocycles. The number of methoxy groups -OCH3 is 1. The van der Waals surface area contributed by atoms with Gasteiger partial charge in [0.1, 0.15) is 6.61 Å². The van der Waals surface area contributed by atoms with E-state index in [0.29, 0.717) is 5.69 Å². The Labute approximate surface area is 153 Å². The van der Waals surface area contributed by atoms with E-state index in [-0.39, 0.29) is 13.2 Å². The number of rotatable bonds is 5. The molecule has 9 heteroatoms. The van der Waals surface area contributed by atoms with Gasteiger partial charge in [-0.1, -0.05) is 12.1 Å². The van der Waals surface area contributed by atoms with Gasteiger partial charge in [-0.25, -0.2) is 14.9 Å². The third-order valence-corrected chi connectivity index (χ3v) is 4.41. The highest BCUT2D eigenvalue weighted by atomic mass is 16.7. The lowest BCUT2D eigenvalue weighted by atomic mass is 9.79. The van der Waals surface area contributed by atoms with E-state index in [9.17, 15) is 9.59 Å². The molecule has 142 valence electrons. The Morgan fingerprint density at radius 2 is 1.77 bits per heavy atom. The van der Waals surface area contributed by atoms with Crippen molar-refractivity contribution in [1.82, 2.24) is 5.32 Å². The molecule has 1 aliphatic heterocycles. The molecule has 0 aliphatic carbocycles. The number of carbonyl (C=O) groups is 2. The summed E-state index contributed by atoms with van der Waals surface area (Å²) in [5.41, 5.74) is 0.359. The first-order chi connectivity index (χ1) is 12.1. The van der Waals surface area contributed by atoms with Crippen LogP contribution in [0.4, 0.5) is 15.3 Å². The molecular weight excluding hydrogens is 339 g/mol. The minimum Gasteiger partial charge on any atom is -0.447 e. The summed E-state index contributed by atoms with van der Waals surface area (Å²) in [5, 5.41) is 4.65. The second-order valence-electron chi connectivity index (χ2n) is 6.92. The van der Waals surface area contributed by atoms with Crippen LogP contribution in [0.1, 0.15) is 27.7 Å². The highest BCUT2D eigenvalue weighted by molar-refractivity contribution is 6.62. The van der Waals surface area contributed by atoms with E-state index in [4.69, 9.17) is 18.8 Å². The van der Waals surface area contributed by atoms with Gasteiger partial charge in [-0.2, -0.15) is 0 Å². The van der Waals surface area contributed by atoms with Crippen molar-refractivity contribution in [2.24, 2.45) is 0 Å². The largest absolute Gasteiger partial charge is 0.494 e. The molecule has 0 saturated carbocycles. The predicted octanol–water partition coefficient (Wildman–Crippen LogP) is 1.89. The van der Waals surface area contributed by atoms with Crippen LogP contribution in [-0.4, -0.2) is 50.8 Å². The Bertz CT molecular complexity index is 648. The first-order valence-electron chi connectivity index (χ1n) is 8.34. The number of hydrogen-bond acceptors (Lipinski definition) is 6. The van der Waals surface area contributed by atoms with Crippen LogP contribution in [0.25, 0.3) is 0 Å². The topological polar surface area (TPSA) is 95.1 Å². The predicted molar refractivity (Wildman–Crippen MR) is 97.5 cm³/mol. The summed E-state index contributed by atoms with van der Waals surface area (Å²) in [6, 6.07) is 6.36. The highest BCUT2D eigenvalue weighted by Gasteiger charge is 2.51. The van der Waals surface area contributed by atoms with Crippen molar-refractivity contribution in [1.29, 1.82) is 0 Å². The minimum atomic E-state index is -0.846. The van der Waals surface area contributed by atoms with Gasteiger partial charge in [-0.05, 0) is 45.3 Å². The highest BCUT2D eigenvalue weighted by Crippen LogP contribution is 2.36. The van der Waals surface area contributed by atoms with E-state index < -0.39 is 30.4 Å². The molecule has 1 aliphatic rings. The number of hydrogen-bond donors (Lipinski definition) is 2. The van der Waals surface area contributed by atoms with Crippen molar-refractivity contribution in [2.75, 3.05) is 25.6 Å². The number of urea groups is 1. The Morgan fingerprint density at radius 1 is 1.12 bits per heavy atom. The summed E-state index contributed by atoms with van der Waals surface area (Å²) in [6.07, 6.45) is -0.846. The van der Waals surface area contributed by atoms with Crippen molar-refractivity contribution >= 4 is 30.4 Å². The summed E-state index contributed by atoms with van der Waals surface area (Å²) in [7, 11) is 0.949. The maximum atomic E-state index is 11.9. The Kier molecular flexibility index (Phi) is 6.28. The van der Waals surface area contributed by atoms with E-state index in [0.717, 1.165) is 5.46 Å². The summed E-state index contributed by atoms with van der Waals surface area (Å²) < 4.78 is 21.5. The molecular formula is C17H25BN2O6. The van der Waals surface area contributed by atoms with Crippen molar-refractivity contribution in [3.8, 4) is 0 Å². The molecule has 0 unspecified atom stereocenters. The zero-order valence-corrected chi connectivity index (χ0v) is 15.8. The van der Waals surface area contributed by atoms with E-state index in [1.165, 1.54) is 7.11 Å². The maximum Gasteiger partial charge on any atom is 0.494 e. The molecule has 1 aromatic rings. The fourth-order valence-electron chi connectivity index (χ4n) is 2.25. The molecule has 0 spiro atoms. The molecule has 1 heterocycles. The number of amides is 3. The molecule has 0 radical (unpaired) electrons. The molecule has 2 rings (SSSR count). The van der Waals surface area contributed by atoms with Gasteiger partial charge < -0.3 is 24.1 Å². The molecule has 2 N–H and O–H groups in total. The standard InChI is InChI=1S/C17H25BN2O6/c1-16(2)17(3,4)26-18(25-16)12-7-6-8-13(11-12)19-14(21)20-15(22)24-10-9-23-5/h6-8,11H,9-10H2,1-5H3,(H2,19,20,21,22). The van der Waals surface area contributed by atoms with E-state index >= 15 is 0 Å². The third kappa shape index (κ3) is 4.97. The summed E-state index contributed by atoms with van der Waals surface area (Å²) in [6.45, 7) is 8.20. The monoisotopic (exact) mass is 364 g/mol. The molecule has 0 bridgehead atoms. The van der Waals surface area contributed by atoms with Gasteiger partial charge in [0.15, 0.2) is 0 Å². The van der Waals surface area contributed by atoms with Gasteiger partial charge in [0, 0.05) is 12.8 Å². The van der Waals surface area contributed by atoms with Crippen LogP contribution in [0.2, 0.25) is 0 Å². The summed E-state index contributed by atoms with van der Waals surface area (Å²) in [5.74, 6) is 0. The SMILES string of the molecule is COCCOC(=O)NC(=O)Nc1cccc(B2OC(C)(C)C(C)(C)O2)c1. The lowest BCUT2D eigenvalue weighted by Gasteiger charge is -2.32. The van der Waals surface area contributed by atoms with Gasteiger partial charge in [0.2, 0.25) is 0 Å². The zero-order valence-electron chi connectivity index (χ0n) is 15.8. The maximum absolute atomic E-state index is 11.9. The number of anilines is 1. The smallest absolute Gasteiger partial charge is 0.447 e. The van der Waals surface area contributed by atoms with E-state index in [2.05, 4.69) is 10.6 Å². The molecule has 26 heavy (non-hydrogen) atoms. The van der Waals surface area contributed by atoms with Gasteiger partial charge in [-0.15, -0.1) is 0 Å². The second-order valence-corrected chi connectivity index (χ2v) is 6.92. The fraction of sp³-hybridized carbons (Fsp3) is 0.529.